The lowest BCUT2D eigenvalue weighted by Gasteiger charge is -2.13. The SMILES string of the molecule is COCC(=O)Nc1ccc(NC(C)c2ccc(Br)o2)cc1. The van der Waals surface area contributed by atoms with Crippen molar-refractivity contribution in [2.45, 2.75) is 13.0 Å². The second-order valence-electron chi connectivity index (χ2n) is 4.57. The monoisotopic (exact) mass is 352 g/mol. The first-order valence-corrected chi connectivity index (χ1v) is 7.28. The average Bonchev–Trinajstić information content (AvgIpc) is 2.88. The average molecular weight is 353 g/mol. The maximum Gasteiger partial charge on any atom is 0.250 e. The van der Waals surface area contributed by atoms with Crippen LogP contribution < -0.4 is 10.6 Å². The molecule has 0 bridgehead atoms. The second-order valence-corrected chi connectivity index (χ2v) is 5.35. The zero-order chi connectivity index (χ0) is 15.2. The topological polar surface area (TPSA) is 63.5 Å². The summed E-state index contributed by atoms with van der Waals surface area (Å²) < 4.78 is 11.0. The fraction of sp³-hybridized carbons (Fsp3) is 0.267. The number of carbonyl (C=O) groups excluding carboxylic acids is 1. The number of halogens is 1. The van der Waals surface area contributed by atoms with E-state index in [0.717, 1.165) is 17.1 Å². The normalized spacial score (nSPS) is 12.0. The molecule has 1 aromatic heterocycles. The predicted octanol–water partition coefficient (Wildman–Crippen LogP) is 3.80. The molecule has 0 fully saturated rings. The lowest BCUT2D eigenvalue weighted by Crippen LogP contribution is -2.17. The summed E-state index contributed by atoms with van der Waals surface area (Å²) in [6.45, 7) is 2.06. The van der Waals surface area contributed by atoms with Gasteiger partial charge in [-0.1, -0.05) is 0 Å². The quantitative estimate of drug-likeness (QED) is 0.829. The summed E-state index contributed by atoms with van der Waals surface area (Å²) in [7, 11) is 1.49. The number of hydrogen-bond donors (Lipinski definition) is 2. The Hall–Kier alpha value is -1.79. The van der Waals surface area contributed by atoms with E-state index in [9.17, 15) is 4.79 Å². The fourth-order valence-electron chi connectivity index (χ4n) is 1.86. The van der Waals surface area contributed by atoms with Crippen LogP contribution in [0.25, 0.3) is 0 Å². The molecule has 1 amide bonds. The number of amides is 1. The first-order chi connectivity index (χ1) is 10.1. The number of rotatable bonds is 6. The smallest absolute Gasteiger partial charge is 0.250 e. The highest BCUT2D eigenvalue weighted by molar-refractivity contribution is 9.10. The maximum atomic E-state index is 11.4. The molecular formula is C15H17BrN2O3. The molecule has 2 aromatic rings. The first-order valence-electron chi connectivity index (χ1n) is 6.49. The van der Waals surface area contributed by atoms with E-state index in [1.54, 1.807) is 0 Å². The van der Waals surface area contributed by atoms with Gasteiger partial charge in [0.1, 0.15) is 12.4 Å². The Labute approximate surface area is 131 Å². The van der Waals surface area contributed by atoms with Crippen molar-refractivity contribution in [1.29, 1.82) is 0 Å². The summed E-state index contributed by atoms with van der Waals surface area (Å²) in [4.78, 5) is 11.4. The van der Waals surface area contributed by atoms with Crippen molar-refractivity contribution in [3.63, 3.8) is 0 Å². The van der Waals surface area contributed by atoms with E-state index in [1.165, 1.54) is 7.11 Å². The highest BCUT2D eigenvalue weighted by atomic mass is 79.9. The molecule has 1 aromatic carbocycles. The molecule has 1 heterocycles. The van der Waals surface area contributed by atoms with Crippen molar-refractivity contribution in [3.8, 4) is 0 Å². The number of hydrogen-bond acceptors (Lipinski definition) is 4. The molecule has 6 heteroatoms. The van der Waals surface area contributed by atoms with Gasteiger partial charge in [-0.05, 0) is 59.3 Å². The number of nitrogens with one attached hydrogen (secondary N) is 2. The third-order valence-electron chi connectivity index (χ3n) is 2.85. The van der Waals surface area contributed by atoms with E-state index < -0.39 is 0 Å². The highest BCUT2D eigenvalue weighted by Crippen LogP contribution is 2.24. The van der Waals surface area contributed by atoms with E-state index >= 15 is 0 Å². The van der Waals surface area contributed by atoms with Crippen molar-refractivity contribution < 1.29 is 13.9 Å². The second kappa shape index (κ2) is 7.28. The third-order valence-corrected chi connectivity index (χ3v) is 3.27. The minimum absolute atomic E-state index is 0.0460. The summed E-state index contributed by atoms with van der Waals surface area (Å²) in [6, 6.07) is 11.3. The summed E-state index contributed by atoms with van der Waals surface area (Å²) in [5.41, 5.74) is 1.68. The van der Waals surface area contributed by atoms with E-state index in [2.05, 4.69) is 26.6 Å². The Bertz CT molecular complexity index is 595. The fourth-order valence-corrected chi connectivity index (χ4v) is 2.18. The van der Waals surface area contributed by atoms with Crippen LogP contribution in [0.4, 0.5) is 11.4 Å². The first kappa shape index (κ1) is 15.6. The van der Waals surface area contributed by atoms with Crippen LogP contribution in [-0.4, -0.2) is 19.6 Å². The van der Waals surface area contributed by atoms with Gasteiger partial charge in [0.25, 0.3) is 0 Å². The van der Waals surface area contributed by atoms with Gasteiger partial charge in [-0.3, -0.25) is 4.79 Å². The minimum atomic E-state index is -0.174. The predicted molar refractivity (Wildman–Crippen MR) is 85.4 cm³/mol. The van der Waals surface area contributed by atoms with Gasteiger partial charge in [-0.25, -0.2) is 0 Å². The molecule has 1 atom stereocenters. The van der Waals surface area contributed by atoms with Gasteiger partial charge in [0, 0.05) is 18.5 Å². The molecular weight excluding hydrogens is 336 g/mol. The minimum Gasteiger partial charge on any atom is -0.452 e. The Balaban J connectivity index is 1.94. The van der Waals surface area contributed by atoms with Gasteiger partial charge in [-0.15, -0.1) is 0 Å². The van der Waals surface area contributed by atoms with Crippen LogP contribution in [0.5, 0.6) is 0 Å². The van der Waals surface area contributed by atoms with Gasteiger partial charge in [0.05, 0.1) is 6.04 Å². The lowest BCUT2D eigenvalue weighted by atomic mass is 10.2. The summed E-state index contributed by atoms with van der Waals surface area (Å²) in [5.74, 6) is 0.673. The molecule has 2 N–H and O–H groups in total. The molecule has 1 unspecified atom stereocenters. The van der Waals surface area contributed by atoms with Crippen molar-refractivity contribution in [1.82, 2.24) is 0 Å². The molecule has 0 radical (unpaired) electrons. The van der Waals surface area contributed by atoms with E-state index in [1.807, 2.05) is 43.3 Å². The maximum absolute atomic E-state index is 11.4. The van der Waals surface area contributed by atoms with Crippen molar-refractivity contribution in [2.75, 3.05) is 24.4 Å². The highest BCUT2D eigenvalue weighted by Gasteiger charge is 2.09. The number of furan rings is 1. The van der Waals surface area contributed by atoms with Crippen LogP contribution in [0.1, 0.15) is 18.7 Å². The Morgan fingerprint density at radius 3 is 2.48 bits per heavy atom. The Kier molecular flexibility index (Phi) is 5.41. The van der Waals surface area contributed by atoms with Gasteiger partial charge in [0.15, 0.2) is 4.67 Å². The molecule has 0 aliphatic heterocycles. The standard InChI is InChI=1S/C15H17BrN2O3/c1-10(13-7-8-14(16)21-13)17-11-3-5-12(6-4-11)18-15(19)9-20-2/h3-8,10,17H,9H2,1-2H3,(H,18,19). The summed E-state index contributed by atoms with van der Waals surface area (Å²) >= 11 is 3.29. The molecule has 112 valence electrons. The molecule has 0 spiro atoms. The van der Waals surface area contributed by atoms with Crippen LogP contribution in [0.15, 0.2) is 45.5 Å². The molecule has 5 nitrogen and oxygen atoms in total. The molecule has 0 saturated carbocycles. The zero-order valence-corrected chi connectivity index (χ0v) is 13.4. The van der Waals surface area contributed by atoms with Crippen LogP contribution >= 0.6 is 15.9 Å². The third kappa shape index (κ3) is 4.61. The van der Waals surface area contributed by atoms with E-state index in [4.69, 9.17) is 9.15 Å². The molecule has 0 aliphatic rings. The van der Waals surface area contributed by atoms with Gasteiger partial charge >= 0.3 is 0 Å². The number of anilines is 2. The van der Waals surface area contributed by atoms with Gasteiger partial charge in [-0.2, -0.15) is 0 Å². The van der Waals surface area contributed by atoms with Crippen LogP contribution in [0, 0.1) is 0 Å². The van der Waals surface area contributed by atoms with Crippen molar-refractivity contribution in [3.05, 3.63) is 46.8 Å². The molecule has 0 saturated heterocycles. The molecule has 0 aliphatic carbocycles. The largest absolute Gasteiger partial charge is 0.452 e. The van der Waals surface area contributed by atoms with Gasteiger partial charge in [0.2, 0.25) is 5.91 Å². The zero-order valence-electron chi connectivity index (χ0n) is 11.9. The molecule has 2 rings (SSSR count). The van der Waals surface area contributed by atoms with Crippen molar-refractivity contribution >= 4 is 33.2 Å². The Morgan fingerprint density at radius 1 is 1.24 bits per heavy atom. The van der Waals surface area contributed by atoms with Crippen LogP contribution in [0.2, 0.25) is 0 Å². The number of methoxy groups -OCH3 is 1. The van der Waals surface area contributed by atoms with Crippen molar-refractivity contribution in [2.24, 2.45) is 0 Å². The summed E-state index contributed by atoms with van der Waals surface area (Å²) in [6.07, 6.45) is 0. The lowest BCUT2D eigenvalue weighted by molar-refractivity contribution is -0.119. The Morgan fingerprint density at radius 2 is 1.90 bits per heavy atom. The van der Waals surface area contributed by atoms with Gasteiger partial charge < -0.3 is 19.8 Å². The van der Waals surface area contributed by atoms with E-state index in [-0.39, 0.29) is 18.6 Å². The summed E-state index contributed by atoms with van der Waals surface area (Å²) in [5, 5.41) is 6.07. The number of ether oxygens (including phenoxy) is 1. The number of carbonyl (C=O) groups is 1. The van der Waals surface area contributed by atoms with E-state index in [0.29, 0.717) is 4.67 Å². The van der Waals surface area contributed by atoms with Crippen LogP contribution in [-0.2, 0) is 9.53 Å². The number of benzene rings is 1. The molecule has 21 heavy (non-hydrogen) atoms. The van der Waals surface area contributed by atoms with Crippen LogP contribution in [0.3, 0.4) is 0 Å².